The van der Waals surface area contributed by atoms with Crippen molar-refractivity contribution in [1.29, 1.82) is 0 Å². The van der Waals surface area contributed by atoms with Crippen molar-refractivity contribution in [1.82, 2.24) is 19.9 Å². The molecule has 32 heavy (non-hydrogen) atoms. The SMILES string of the molecule is COc1ccc(Nc2nc(NCCCCCO)nc(N(C)C3CCN(C)CC3)n2)cc1Cl. The number of rotatable bonds is 11. The Hall–Kier alpha value is -2.36. The number of hydrogen-bond donors (Lipinski definition) is 3. The molecule has 0 aliphatic carbocycles. The predicted molar refractivity (Wildman–Crippen MR) is 129 cm³/mol. The van der Waals surface area contributed by atoms with Crippen LogP contribution in [0.5, 0.6) is 5.75 Å². The summed E-state index contributed by atoms with van der Waals surface area (Å²) in [5.41, 5.74) is 0.767. The average Bonchev–Trinajstić information content (AvgIpc) is 2.79. The van der Waals surface area contributed by atoms with Gasteiger partial charge in [-0.1, -0.05) is 11.6 Å². The summed E-state index contributed by atoms with van der Waals surface area (Å²) in [7, 11) is 5.79. The number of likely N-dealkylation sites (tertiary alicyclic amines) is 1. The van der Waals surface area contributed by atoms with E-state index in [0.717, 1.165) is 57.4 Å². The molecule has 0 saturated carbocycles. The number of methoxy groups -OCH3 is 1. The Morgan fingerprint density at radius 1 is 1.16 bits per heavy atom. The number of ether oxygens (including phenoxy) is 1. The van der Waals surface area contributed by atoms with Crippen molar-refractivity contribution in [2.24, 2.45) is 0 Å². The number of aromatic nitrogens is 3. The van der Waals surface area contributed by atoms with E-state index in [-0.39, 0.29) is 6.61 Å². The minimum Gasteiger partial charge on any atom is -0.495 e. The van der Waals surface area contributed by atoms with Crippen molar-refractivity contribution < 1.29 is 9.84 Å². The van der Waals surface area contributed by atoms with Gasteiger partial charge in [0.25, 0.3) is 0 Å². The Labute approximate surface area is 195 Å². The summed E-state index contributed by atoms with van der Waals surface area (Å²) >= 11 is 6.27. The van der Waals surface area contributed by atoms with Crippen LogP contribution in [0.2, 0.25) is 5.02 Å². The summed E-state index contributed by atoms with van der Waals surface area (Å²) in [6.07, 6.45) is 4.82. The van der Waals surface area contributed by atoms with E-state index in [1.807, 2.05) is 13.1 Å². The van der Waals surface area contributed by atoms with Gasteiger partial charge >= 0.3 is 0 Å². The van der Waals surface area contributed by atoms with Crippen LogP contribution in [0.3, 0.4) is 0 Å². The average molecular weight is 464 g/mol. The minimum absolute atomic E-state index is 0.218. The van der Waals surface area contributed by atoms with Crippen LogP contribution in [0.4, 0.5) is 23.5 Å². The number of nitrogens with one attached hydrogen (secondary N) is 2. The molecule has 9 nitrogen and oxygen atoms in total. The second-order valence-electron chi connectivity index (χ2n) is 8.11. The molecule has 0 bridgehead atoms. The summed E-state index contributed by atoms with van der Waals surface area (Å²) in [5.74, 6) is 2.23. The second-order valence-corrected chi connectivity index (χ2v) is 8.52. The van der Waals surface area contributed by atoms with E-state index in [1.54, 1.807) is 19.2 Å². The molecule has 3 N–H and O–H groups in total. The van der Waals surface area contributed by atoms with E-state index in [1.165, 1.54) is 0 Å². The molecule has 1 aliphatic heterocycles. The van der Waals surface area contributed by atoms with Crippen molar-refractivity contribution in [3.63, 3.8) is 0 Å². The number of unbranched alkanes of at least 4 members (excludes halogenated alkanes) is 2. The van der Waals surface area contributed by atoms with Gasteiger partial charge in [0.1, 0.15) is 5.75 Å². The zero-order valence-electron chi connectivity index (χ0n) is 19.1. The van der Waals surface area contributed by atoms with Crippen LogP contribution >= 0.6 is 11.6 Å². The zero-order chi connectivity index (χ0) is 22.9. The third-order valence-corrected chi connectivity index (χ3v) is 6.00. The molecule has 0 unspecified atom stereocenters. The number of piperidine rings is 1. The number of benzene rings is 1. The van der Waals surface area contributed by atoms with Crippen LogP contribution in [0.15, 0.2) is 18.2 Å². The van der Waals surface area contributed by atoms with Crippen molar-refractivity contribution in [3.8, 4) is 5.75 Å². The lowest BCUT2D eigenvalue weighted by atomic mass is 10.0. The van der Waals surface area contributed by atoms with Gasteiger partial charge in [-0.15, -0.1) is 0 Å². The highest BCUT2D eigenvalue weighted by atomic mass is 35.5. The molecule has 0 atom stereocenters. The van der Waals surface area contributed by atoms with Gasteiger partial charge in [0.15, 0.2) is 0 Å². The van der Waals surface area contributed by atoms with E-state index < -0.39 is 0 Å². The summed E-state index contributed by atoms with van der Waals surface area (Å²) in [6, 6.07) is 5.84. The number of nitrogens with zero attached hydrogens (tertiary/aromatic N) is 5. The first-order valence-corrected chi connectivity index (χ1v) is 11.5. The molecule has 10 heteroatoms. The number of hydrogen-bond acceptors (Lipinski definition) is 9. The lowest BCUT2D eigenvalue weighted by molar-refractivity contribution is 0.252. The van der Waals surface area contributed by atoms with Crippen molar-refractivity contribution >= 4 is 35.1 Å². The Bertz CT molecular complexity index is 862. The standard InChI is InChI=1S/C22H34ClN7O2/c1-29-12-9-17(10-13-29)30(2)22-27-20(24-11-5-4-6-14-31)26-21(28-22)25-16-7-8-19(32-3)18(23)15-16/h7-8,15,17,31H,4-6,9-14H2,1-3H3,(H2,24,25,26,27,28). The van der Waals surface area contributed by atoms with Crippen LogP contribution in [0.25, 0.3) is 0 Å². The number of aliphatic hydroxyl groups is 1. The summed E-state index contributed by atoms with van der Waals surface area (Å²) in [5, 5.41) is 16.0. The van der Waals surface area contributed by atoms with Gasteiger partial charge in [0.2, 0.25) is 17.8 Å². The van der Waals surface area contributed by atoms with Crippen LogP contribution in [0, 0.1) is 0 Å². The third-order valence-electron chi connectivity index (χ3n) is 5.70. The largest absolute Gasteiger partial charge is 0.495 e. The van der Waals surface area contributed by atoms with Crippen molar-refractivity contribution in [2.75, 3.05) is 63.0 Å². The third kappa shape index (κ3) is 6.82. The first-order valence-electron chi connectivity index (χ1n) is 11.1. The van der Waals surface area contributed by atoms with Crippen molar-refractivity contribution in [2.45, 2.75) is 38.1 Å². The normalized spacial score (nSPS) is 14.9. The van der Waals surface area contributed by atoms with Crippen LogP contribution in [-0.2, 0) is 0 Å². The van der Waals surface area contributed by atoms with Crippen LogP contribution in [-0.4, -0.2) is 78.4 Å². The van der Waals surface area contributed by atoms with Gasteiger partial charge in [-0.05, 0) is 70.4 Å². The zero-order valence-corrected chi connectivity index (χ0v) is 19.9. The van der Waals surface area contributed by atoms with Crippen LogP contribution in [0.1, 0.15) is 32.1 Å². The molecular formula is C22H34ClN7O2. The monoisotopic (exact) mass is 463 g/mol. The highest BCUT2D eigenvalue weighted by molar-refractivity contribution is 6.32. The van der Waals surface area contributed by atoms with Gasteiger partial charge in [-0.25, -0.2) is 0 Å². The predicted octanol–water partition coefficient (Wildman–Crippen LogP) is 3.38. The summed E-state index contributed by atoms with van der Waals surface area (Å²) in [4.78, 5) is 18.4. The number of anilines is 4. The van der Waals surface area contributed by atoms with E-state index in [9.17, 15) is 0 Å². The fraction of sp³-hybridized carbons (Fsp3) is 0.591. The van der Waals surface area contributed by atoms with E-state index in [2.05, 4.69) is 42.4 Å². The van der Waals surface area contributed by atoms with Gasteiger partial charge < -0.3 is 30.3 Å². The Balaban J connectivity index is 1.78. The van der Waals surface area contributed by atoms with Gasteiger partial charge in [0.05, 0.1) is 12.1 Å². The fourth-order valence-corrected chi connectivity index (χ4v) is 3.95. The molecule has 176 valence electrons. The number of aliphatic hydroxyl groups excluding tert-OH is 1. The molecule has 1 aromatic carbocycles. The first kappa shape index (κ1) is 24.3. The highest BCUT2D eigenvalue weighted by Crippen LogP contribution is 2.29. The maximum absolute atomic E-state index is 8.96. The maximum Gasteiger partial charge on any atom is 0.233 e. The fourth-order valence-electron chi connectivity index (χ4n) is 3.69. The lowest BCUT2D eigenvalue weighted by Gasteiger charge is -2.35. The molecule has 1 aromatic heterocycles. The van der Waals surface area contributed by atoms with E-state index >= 15 is 0 Å². The van der Waals surface area contributed by atoms with Gasteiger partial charge in [0, 0.05) is 31.9 Å². The first-order chi connectivity index (χ1) is 15.5. The summed E-state index contributed by atoms with van der Waals surface area (Å²) in [6.45, 7) is 3.07. The lowest BCUT2D eigenvalue weighted by Crippen LogP contribution is -2.42. The molecule has 2 aromatic rings. The highest BCUT2D eigenvalue weighted by Gasteiger charge is 2.23. The smallest absolute Gasteiger partial charge is 0.233 e. The van der Waals surface area contributed by atoms with Crippen molar-refractivity contribution in [3.05, 3.63) is 23.2 Å². The second kappa shape index (κ2) is 12.0. The Morgan fingerprint density at radius 2 is 1.91 bits per heavy atom. The Kier molecular flexibility index (Phi) is 9.13. The maximum atomic E-state index is 8.96. The van der Waals surface area contributed by atoms with E-state index in [4.69, 9.17) is 21.4 Å². The Morgan fingerprint density at radius 3 is 2.59 bits per heavy atom. The topological polar surface area (TPSA) is 98.7 Å². The molecule has 0 radical (unpaired) electrons. The van der Waals surface area contributed by atoms with Crippen LogP contribution < -0.4 is 20.3 Å². The van der Waals surface area contributed by atoms with E-state index in [0.29, 0.717) is 34.7 Å². The minimum atomic E-state index is 0.218. The molecular weight excluding hydrogens is 430 g/mol. The molecule has 1 fully saturated rings. The van der Waals surface area contributed by atoms with Gasteiger partial charge in [-0.3, -0.25) is 0 Å². The van der Waals surface area contributed by atoms with Gasteiger partial charge in [-0.2, -0.15) is 15.0 Å². The molecule has 0 spiro atoms. The molecule has 1 saturated heterocycles. The molecule has 0 amide bonds. The molecule has 3 rings (SSSR count). The number of halogens is 1. The quantitative estimate of drug-likeness (QED) is 0.433. The summed E-state index contributed by atoms with van der Waals surface area (Å²) < 4.78 is 5.23. The molecule has 1 aliphatic rings. The molecule has 2 heterocycles.